The van der Waals surface area contributed by atoms with E-state index in [1.54, 1.807) is 18.2 Å². The minimum absolute atomic E-state index is 0.191. The van der Waals surface area contributed by atoms with Crippen LogP contribution in [-0.4, -0.2) is 15.7 Å². The second kappa shape index (κ2) is 6.88. The highest BCUT2D eigenvalue weighted by Crippen LogP contribution is 2.11. The third-order valence-electron chi connectivity index (χ3n) is 3.13. The zero-order valence-electron chi connectivity index (χ0n) is 11.9. The van der Waals surface area contributed by atoms with Gasteiger partial charge in [-0.15, -0.1) is 0 Å². The van der Waals surface area contributed by atoms with Crippen LogP contribution in [0.1, 0.15) is 13.3 Å². The third-order valence-corrected chi connectivity index (χ3v) is 3.13. The van der Waals surface area contributed by atoms with Crippen LogP contribution in [-0.2, 0) is 13.1 Å². The molecule has 1 heterocycles. The Hall–Kier alpha value is -2.37. The lowest BCUT2D eigenvalue weighted by Gasteiger charge is -2.10. The van der Waals surface area contributed by atoms with Crippen molar-refractivity contribution in [3.8, 4) is 0 Å². The van der Waals surface area contributed by atoms with Crippen molar-refractivity contribution in [3.05, 3.63) is 63.2 Å². The molecule has 0 fully saturated rings. The summed E-state index contributed by atoms with van der Waals surface area (Å²) in [6, 6.07) is 7.66. The molecule has 0 spiro atoms. The summed E-state index contributed by atoms with van der Waals surface area (Å²) in [5.74, 6) is -0.360. The molecule has 6 heteroatoms. The minimum atomic E-state index is -0.360. The Kier molecular flexibility index (Phi) is 4.92. The largest absolute Gasteiger partial charge is 0.381 e. The number of aromatic nitrogens is 2. The predicted octanol–water partition coefficient (Wildman–Crippen LogP) is 1.67. The van der Waals surface area contributed by atoms with E-state index in [1.165, 1.54) is 22.9 Å². The molecular weight excluding hydrogens is 273 g/mol. The molecule has 0 bridgehead atoms. The Morgan fingerprint density at radius 3 is 2.62 bits per heavy atom. The highest BCUT2D eigenvalue weighted by atomic mass is 19.1. The molecule has 0 amide bonds. The quantitative estimate of drug-likeness (QED) is 0.881. The van der Waals surface area contributed by atoms with Crippen LogP contribution < -0.4 is 16.6 Å². The van der Waals surface area contributed by atoms with E-state index in [-0.39, 0.29) is 23.6 Å². The first-order valence-corrected chi connectivity index (χ1v) is 6.92. The molecule has 1 aromatic carbocycles. The average Bonchev–Trinajstić information content (AvgIpc) is 2.47. The summed E-state index contributed by atoms with van der Waals surface area (Å²) in [5, 5.41) is 2.88. The van der Waals surface area contributed by atoms with E-state index >= 15 is 0 Å². The zero-order chi connectivity index (χ0) is 15.2. The van der Waals surface area contributed by atoms with Crippen molar-refractivity contribution in [3.63, 3.8) is 0 Å². The number of para-hydroxylation sites is 1. The molecule has 112 valence electrons. The molecule has 5 nitrogen and oxygen atoms in total. The molecule has 0 unspecified atom stereocenters. The van der Waals surface area contributed by atoms with Crippen LogP contribution in [0.25, 0.3) is 0 Å². The summed E-state index contributed by atoms with van der Waals surface area (Å²) in [5.41, 5.74) is -0.322. The summed E-state index contributed by atoms with van der Waals surface area (Å²) >= 11 is 0. The predicted molar refractivity (Wildman–Crippen MR) is 80.1 cm³/mol. The van der Waals surface area contributed by atoms with Gasteiger partial charge in [0.2, 0.25) is 0 Å². The van der Waals surface area contributed by atoms with Gasteiger partial charge in [-0.3, -0.25) is 9.36 Å². The lowest BCUT2D eigenvalue weighted by Crippen LogP contribution is -2.40. The van der Waals surface area contributed by atoms with Gasteiger partial charge in [0.1, 0.15) is 5.82 Å². The Bertz CT molecular complexity index is 721. The smallest absolute Gasteiger partial charge is 0.331 e. The molecule has 0 atom stereocenters. The zero-order valence-corrected chi connectivity index (χ0v) is 11.9. The van der Waals surface area contributed by atoms with Gasteiger partial charge in [-0.25, -0.2) is 9.18 Å². The molecule has 0 saturated heterocycles. The van der Waals surface area contributed by atoms with E-state index in [4.69, 9.17) is 0 Å². The lowest BCUT2D eigenvalue weighted by molar-refractivity contribution is 0.553. The number of halogens is 1. The highest BCUT2D eigenvalue weighted by molar-refractivity contribution is 5.44. The van der Waals surface area contributed by atoms with Gasteiger partial charge in [-0.2, -0.15) is 0 Å². The van der Waals surface area contributed by atoms with E-state index in [2.05, 4.69) is 5.32 Å². The van der Waals surface area contributed by atoms with Crippen LogP contribution in [0.15, 0.2) is 46.1 Å². The van der Waals surface area contributed by atoms with Crippen LogP contribution in [0.4, 0.5) is 10.1 Å². The van der Waals surface area contributed by atoms with E-state index in [0.717, 1.165) is 11.0 Å². The van der Waals surface area contributed by atoms with Crippen LogP contribution in [0, 0.1) is 5.82 Å². The van der Waals surface area contributed by atoms with E-state index in [0.29, 0.717) is 18.8 Å². The molecule has 0 aliphatic heterocycles. The first-order chi connectivity index (χ1) is 10.1. The van der Waals surface area contributed by atoms with Gasteiger partial charge in [-0.1, -0.05) is 19.1 Å². The molecule has 2 rings (SSSR count). The number of aryl methyl sites for hydroxylation is 1. The summed E-state index contributed by atoms with van der Waals surface area (Å²) in [6.07, 6.45) is 2.32. The number of nitrogens with zero attached hydrogens (tertiary/aromatic N) is 2. The van der Waals surface area contributed by atoms with Crippen LogP contribution in [0.2, 0.25) is 0 Å². The van der Waals surface area contributed by atoms with E-state index < -0.39 is 0 Å². The number of anilines is 1. The maximum atomic E-state index is 13.4. The Morgan fingerprint density at radius 1 is 1.14 bits per heavy atom. The maximum Gasteiger partial charge on any atom is 0.331 e. The second-order valence-electron chi connectivity index (χ2n) is 4.69. The van der Waals surface area contributed by atoms with E-state index in [1.807, 2.05) is 6.92 Å². The Balaban J connectivity index is 2.10. The number of benzene rings is 1. The second-order valence-corrected chi connectivity index (χ2v) is 4.69. The maximum absolute atomic E-state index is 13.4. The summed E-state index contributed by atoms with van der Waals surface area (Å²) in [7, 11) is 0. The van der Waals surface area contributed by atoms with Crippen LogP contribution >= 0.6 is 0 Å². The van der Waals surface area contributed by atoms with Gasteiger partial charge in [0, 0.05) is 31.9 Å². The van der Waals surface area contributed by atoms with Crippen molar-refractivity contribution in [2.24, 2.45) is 0 Å². The molecule has 0 radical (unpaired) electrons. The first kappa shape index (κ1) is 15.0. The summed E-state index contributed by atoms with van der Waals surface area (Å²) in [4.78, 5) is 23.9. The Labute approximate surface area is 121 Å². The van der Waals surface area contributed by atoms with Gasteiger partial charge in [0.25, 0.3) is 5.56 Å². The molecule has 0 aliphatic rings. The molecule has 0 aliphatic carbocycles. The average molecular weight is 291 g/mol. The first-order valence-electron chi connectivity index (χ1n) is 6.92. The third kappa shape index (κ3) is 3.59. The number of hydrogen-bond acceptors (Lipinski definition) is 3. The molecule has 0 saturated carbocycles. The van der Waals surface area contributed by atoms with Crippen molar-refractivity contribution in [1.29, 1.82) is 0 Å². The minimum Gasteiger partial charge on any atom is -0.381 e. The normalized spacial score (nSPS) is 10.6. The van der Waals surface area contributed by atoms with Gasteiger partial charge >= 0.3 is 5.69 Å². The Morgan fingerprint density at radius 2 is 1.90 bits per heavy atom. The number of hydrogen-bond donors (Lipinski definition) is 1. The van der Waals surface area contributed by atoms with Crippen molar-refractivity contribution in [1.82, 2.24) is 9.13 Å². The fraction of sp³-hybridized carbons (Fsp3) is 0.333. The van der Waals surface area contributed by atoms with Crippen LogP contribution in [0.3, 0.4) is 0 Å². The van der Waals surface area contributed by atoms with Crippen LogP contribution in [0.5, 0.6) is 0 Å². The highest BCUT2D eigenvalue weighted by Gasteiger charge is 2.05. The number of nitrogens with one attached hydrogen (secondary N) is 1. The van der Waals surface area contributed by atoms with E-state index in [9.17, 15) is 14.0 Å². The summed E-state index contributed by atoms with van der Waals surface area (Å²) < 4.78 is 16.1. The van der Waals surface area contributed by atoms with Gasteiger partial charge in [0.15, 0.2) is 0 Å². The molecule has 2 aromatic rings. The molecule has 1 aromatic heterocycles. The van der Waals surface area contributed by atoms with Crippen molar-refractivity contribution < 1.29 is 4.39 Å². The molecule has 1 N–H and O–H groups in total. The van der Waals surface area contributed by atoms with Crippen molar-refractivity contribution in [2.75, 3.05) is 11.9 Å². The molecular formula is C15H18FN3O2. The lowest BCUT2D eigenvalue weighted by atomic mass is 10.3. The fourth-order valence-electron chi connectivity index (χ4n) is 2.08. The van der Waals surface area contributed by atoms with Gasteiger partial charge in [0.05, 0.1) is 5.69 Å². The fourth-order valence-corrected chi connectivity index (χ4v) is 2.08. The van der Waals surface area contributed by atoms with Gasteiger partial charge < -0.3 is 9.88 Å². The standard InChI is InChI=1S/C15H18FN3O2/c1-2-9-18-10-7-14(20)19(15(18)21)11-8-17-13-6-4-3-5-12(13)16/h3-7,10,17H,2,8-9,11H2,1H3. The monoisotopic (exact) mass is 291 g/mol. The number of rotatable bonds is 6. The summed E-state index contributed by atoms with van der Waals surface area (Å²) in [6.45, 7) is 3.02. The topological polar surface area (TPSA) is 56.0 Å². The van der Waals surface area contributed by atoms with Gasteiger partial charge in [-0.05, 0) is 18.6 Å². The van der Waals surface area contributed by atoms with Crippen molar-refractivity contribution in [2.45, 2.75) is 26.4 Å². The SMILES string of the molecule is CCCn1ccc(=O)n(CCNc2ccccc2F)c1=O. The molecule has 21 heavy (non-hydrogen) atoms. The van der Waals surface area contributed by atoms with Crippen molar-refractivity contribution >= 4 is 5.69 Å².